The van der Waals surface area contributed by atoms with E-state index in [4.69, 9.17) is 0 Å². The number of hydrogen-bond donors (Lipinski definition) is 1. The van der Waals surface area contributed by atoms with E-state index in [9.17, 15) is 0 Å². The summed E-state index contributed by atoms with van der Waals surface area (Å²) in [5.41, 5.74) is 2.09. The molecule has 2 aliphatic carbocycles. The molecule has 98 valence electrons. The van der Waals surface area contributed by atoms with E-state index in [0.29, 0.717) is 16.9 Å². The lowest BCUT2D eigenvalue weighted by Crippen LogP contribution is -2.49. The third-order valence-electron chi connectivity index (χ3n) is 5.39. The van der Waals surface area contributed by atoms with Gasteiger partial charge in [0, 0.05) is 30.5 Å². The molecule has 2 fully saturated rings. The molecule has 0 aromatic carbocycles. The molecule has 2 aliphatic rings. The van der Waals surface area contributed by atoms with Crippen LogP contribution < -0.4 is 5.32 Å². The fourth-order valence-electron chi connectivity index (χ4n) is 4.45. The van der Waals surface area contributed by atoms with Crippen molar-refractivity contribution in [1.29, 1.82) is 0 Å². The van der Waals surface area contributed by atoms with Crippen LogP contribution in [0, 0.1) is 16.7 Å². The Bertz CT molecular complexity index is 424. The highest BCUT2D eigenvalue weighted by Crippen LogP contribution is 2.62. The predicted molar refractivity (Wildman–Crippen MR) is 71.9 cm³/mol. The summed E-state index contributed by atoms with van der Waals surface area (Å²) in [6, 6.07) is 0.615. The van der Waals surface area contributed by atoms with Crippen molar-refractivity contribution in [3.8, 4) is 0 Å². The number of fused-ring (bicyclic) bond motifs is 2. The molecule has 0 spiro atoms. The van der Waals surface area contributed by atoms with E-state index < -0.39 is 0 Å². The van der Waals surface area contributed by atoms with Crippen molar-refractivity contribution in [3.05, 3.63) is 24.3 Å². The molecule has 1 heterocycles. The Morgan fingerprint density at radius 2 is 2.00 bits per heavy atom. The maximum atomic E-state index is 4.08. The second-order valence-corrected chi connectivity index (χ2v) is 6.98. The molecule has 3 atom stereocenters. The van der Waals surface area contributed by atoms with E-state index in [1.165, 1.54) is 24.8 Å². The van der Waals surface area contributed by atoms with Gasteiger partial charge in [0.05, 0.1) is 0 Å². The van der Waals surface area contributed by atoms with Gasteiger partial charge in [-0.15, -0.1) is 0 Å². The van der Waals surface area contributed by atoms with Gasteiger partial charge in [-0.25, -0.2) is 9.97 Å². The lowest BCUT2D eigenvalue weighted by Gasteiger charge is -2.43. The van der Waals surface area contributed by atoms with Crippen LogP contribution in [0.1, 0.15) is 45.6 Å². The Morgan fingerprint density at radius 1 is 1.28 bits per heavy atom. The minimum absolute atomic E-state index is 0.419. The molecule has 1 aromatic rings. The highest BCUT2D eigenvalue weighted by Gasteiger charge is 2.58. The highest BCUT2D eigenvalue weighted by molar-refractivity contribution is 5.13. The van der Waals surface area contributed by atoms with Crippen molar-refractivity contribution in [2.45, 2.75) is 52.6 Å². The first-order valence-electron chi connectivity index (χ1n) is 7.00. The van der Waals surface area contributed by atoms with E-state index in [2.05, 4.69) is 36.1 Å². The molecule has 3 unspecified atom stereocenters. The first-order valence-corrected chi connectivity index (χ1v) is 7.00. The zero-order valence-corrected chi connectivity index (χ0v) is 11.6. The van der Waals surface area contributed by atoms with Crippen LogP contribution in [0.5, 0.6) is 0 Å². The average molecular weight is 245 g/mol. The van der Waals surface area contributed by atoms with Gasteiger partial charge < -0.3 is 5.32 Å². The van der Waals surface area contributed by atoms with E-state index >= 15 is 0 Å². The maximum Gasteiger partial charge on any atom is 0.115 e. The Morgan fingerprint density at radius 3 is 2.61 bits per heavy atom. The van der Waals surface area contributed by atoms with Gasteiger partial charge in [-0.05, 0) is 36.0 Å². The average Bonchev–Trinajstić information content (AvgIpc) is 2.81. The molecule has 0 aliphatic heterocycles. The fraction of sp³-hybridized carbons (Fsp3) is 0.733. The SMILES string of the molecule is CC12CCC(C1)C(C)(C)C2NCc1cncnc1. The number of aromatic nitrogens is 2. The summed E-state index contributed by atoms with van der Waals surface area (Å²) in [6.07, 6.45) is 9.58. The third kappa shape index (κ3) is 1.76. The first-order chi connectivity index (χ1) is 8.52. The standard InChI is InChI=1S/C15H23N3/c1-14(2)12-4-5-15(3,6-12)13(14)18-9-11-7-16-10-17-8-11/h7-8,10,12-13,18H,4-6,9H2,1-3H3. The van der Waals surface area contributed by atoms with Crippen molar-refractivity contribution in [2.75, 3.05) is 0 Å². The number of nitrogens with one attached hydrogen (secondary N) is 1. The molecule has 1 aromatic heterocycles. The molecule has 1 N–H and O–H groups in total. The topological polar surface area (TPSA) is 37.8 Å². The predicted octanol–water partition coefficient (Wildman–Crippen LogP) is 2.78. The minimum atomic E-state index is 0.419. The summed E-state index contributed by atoms with van der Waals surface area (Å²) in [7, 11) is 0. The van der Waals surface area contributed by atoms with Crippen molar-refractivity contribution in [3.63, 3.8) is 0 Å². The van der Waals surface area contributed by atoms with Gasteiger partial charge in [-0.2, -0.15) is 0 Å². The molecule has 2 bridgehead atoms. The Balaban J connectivity index is 1.73. The molecule has 18 heavy (non-hydrogen) atoms. The quantitative estimate of drug-likeness (QED) is 0.890. The summed E-state index contributed by atoms with van der Waals surface area (Å²) in [5.74, 6) is 0.895. The fourth-order valence-corrected chi connectivity index (χ4v) is 4.45. The van der Waals surface area contributed by atoms with Crippen molar-refractivity contribution >= 4 is 0 Å². The number of hydrogen-bond acceptors (Lipinski definition) is 3. The normalized spacial score (nSPS) is 37.1. The van der Waals surface area contributed by atoms with Crippen molar-refractivity contribution in [1.82, 2.24) is 15.3 Å². The maximum absolute atomic E-state index is 4.08. The van der Waals surface area contributed by atoms with Gasteiger partial charge in [-0.1, -0.05) is 20.8 Å². The summed E-state index contributed by atoms with van der Waals surface area (Å²) >= 11 is 0. The second-order valence-electron chi connectivity index (χ2n) is 6.98. The molecule has 2 saturated carbocycles. The van der Waals surface area contributed by atoms with Crippen molar-refractivity contribution in [2.24, 2.45) is 16.7 Å². The summed E-state index contributed by atoms with van der Waals surface area (Å²) in [5, 5.41) is 3.78. The van der Waals surface area contributed by atoms with Gasteiger partial charge in [0.2, 0.25) is 0 Å². The van der Waals surface area contributed by atoms with Gasteiger partial charge in [-0.3, -0.25) is 0 Å². The molecule has 0 radical (unpaired) electrons. The molecule has 0 amide bonds. The first kappa shape index (κ1) is 12.1. The van der Waals surface area contributed by atoms with Crippen LogP contribution in [0.3, 0.4) is 0 Å². The van der Waals surface area contributed by atoms with Gasteiger partial charge in [0.1, 0.15) is 6.33 Å². The van der Waals surface area contributed by atoms with E-state index in [-0.39, 0.29) is 0 Å². The Labute approximate surface area is 109 Å². The highest BCUT2D eigenvalue weighted by atomic mass is 15.0. The Hall–Kier alpha value is -0.960. The van der Waals surface area contributed by atoms with E-state index in [1.54, 1.807) is 6.33 Å². The van der Waals surface area contributed by atoms with Crippen LogP contribution in [0.15, 0.2) is 18.7 Å². The van der Waals surface area contributed by atoms with Crippen LogP contribution >= 0.6 is 0 Å². The third-order valence-corrected chi connectivity index (χ3v) is 5.39. The van der Waals surface area contributed by atoms with Crippen LogP contribution in [0.2, 0.25) is 0 Å². The zero-order valence-electron chi connectivity index (χ0n) is 11.6. The van der Waals surface area contributed by atoms with Crippen LogP contribution in [-0.2, 0) is 6.54 Å². The zero-order chi connectivity index (χ0) is 12.8. The minimum Gasteiger partial charge on any atom is -0.309 e. The summed E-state index contributed by atoms with van der Waals surface area (Å²) in [6.45, 7) is 8.21. The molecular formula is C15H23N3. The number of rotatable bonds is 3. The largest absolute Gasteiger partial charge is 0.309 e. The second kappa shape index (κ2) is 4.02. The van der Waals surface area contributed by atoms with Crippen LogP contribution in [-0.4, -0.2) is 16.0 Å². The summed E-state index contributed by atoms with van der Waals surface area (Å²) in [4.78, 5) is 8.16. The smallest absolute Gasteiger partial charge is 0.115 e. The van der Waals surface area contributed by atoms with Crippen LogP contribution in [0.25, 0.3) is 0 Å². The molecule has 0 saturated heterocycles. The Kier molecular flexibility index (Phi) is 2.70. The molecular weight excluding hydrogens is 222 g/mol. The summed E-state index contributed by atoms with van der Waals surface area (Å²) < 4.78 is 0. The van der Waals surface area contributed by atoms with Gasteiger partial charge in [0.15, 0.2) is 0 Å². The van der Waals surface area contributed by atoms with E-state index in [0.717, 1.165) is 12.5 Å². The number of nitrogens with zero attached hydrogens (tertiary/aromatic N) is 2. The molecule has 3 heteroatoms. The monoisotopic (exact) mass is 245 g/mol. The van der Waals surface area contributed by atoms with Gasteiger partial charge in [0.25, 0.3) is 0 Å². The van der Waals surface area contributed by atoms with E-state index in [1.807, 2.05) is 12.4 Å². The lowest BCUT2D eigenvalue weighted by molar-refractivity contribution is 0.108. The lowest BCUT2D eigenvalue weighted by atomic mass is 9.68. The molecule has 3 nitrogen and oxygen atoms in total. The van der Waals surface area contributed by atoms with Crippen LogP contribution in [0.4, 0.5) is 0 Å². The van der Waals surface area contributed by atoms with Gasteiger partial charge >= 0.3 is 0 Å². The molecule has 3 rings (SSSR count). The van der Waals surface area contributed by atoms with Crippen molar-refractivity contribution < 1.29 is 0 Å².